The molecule has 2 aromatic rings. The Labute approximate surface area is 145 Å². The van der Waals surface area contributed by atoms with Crippen LogP contribution in [-0.4, -0.2) is 49.5 Å². The predicted molar refractivity (Wildman–Crippen MR) is 91.1 cm³/mol. The molecule has 0 saturated carbocycles. The standard InChI is InChI=1S/C16H22N6O3/c1-10-6-11(2)21-16(20-10)18-5-3-4-14(23)22-13(15(24)25)7-12-8-17-9-19-12/h6,8-9,13H,3-5,7H2,1-2H3,(H,17,19)(H,22,23)(H,24,25)(H,18,20,21). The summed E-state index contributed by atoms with van der Waals surface area (Å²) in [5.74, 6) is -0.861. The van der Waals surface area contributed by atoms with E-state index in [1.165, 1.54) is 12.5 Å². The summed E-state index contributed by atoms with van der Waals surface area (Å²) in [6.07, 6.45) is 3.92. The first kappa shape index (κ1) is 18.4. The SMILES string of the molecule is Cc1cc(C)nc(NCCCC(=O)NC(Cc2cnc[nH]2)C(=O)O)n1. The van der Waals surface area contributed by atoms with Gasteiger partial charge in [0.25, 0.3) is 0 Å². The van der Waals surface area contributed by atoms with Crippen LogP contribution in [0.15, 0.2) is 18.6 Å². The Bertz CT molecular complexity index is 696. The van der Waals surface area contributed by atoms with Gasteiger partial charge in [-0.25, -0.2) is 19.7 Å². The zero-order valence-corrected chi connectivity index (χ0v) is 14.2. The van der Waals surface area contributed by atoms with E-state index in [9.17, 15) is 14.7 Å². The van der Waals surface area contributed by atoms with Gasteiger partial charge in [-0.05, 0) is 26.3 Å². The number of rotatable bonds is 9. The number of nitrogens with one attached hydrogen (secondary N) is 3. The van der Waals surface area contributed by atoms with Gasteiger partial charge in [-0.15, -0.1) is 0 Å². The molecule has 0 aliphatic rings. The number of hydrogen-bond acceptors (Lipinski definition) is 6. The van der Waals surface area contributed by atoms with Crippen molar-refractivity contribution >= 4 is 17.8 Å². The minimum absolute atomic E-state index is 0.162. The Kier molecular flexibility index (Phi) is 6.44. The van der Waals surface area contributed by atoms with E-state index in [4.69, 9.17) is 0 Å². The van der Waals surface area contributed by atoms with Crippen LogP contribution in [0.5, 0.6) is 0 Å². The number of H-pyrrole nitrogens is 1. The van der Waals surface area contributed by atoms with Crippen LogP contribution in [0.3, 0.4) is 0 Å². The van der Waals surface area contributed by atoms with Crippen LogP contribution >= 0.6 is 0 Å². The van der Waals surface area contributed by atoms with Gasteiger partial charge in [0, 0.05) is 42.7 Å². The maximum Gasteiger partial charge on any atom is 0.326 e. The Morgan fingerprint density at radius 2 is 2.00 bits per heavy atom. The summed E-state index contributed by atoms with van der Waals surface area (Å²) < 4.78 is 0. The summed E-state index contributed by atoms with van der Waals surface area (Å²) in [5.41, 5.74) is 2.40. The molecule has 0 aliphatic heterocycles. The first-order chi connectivity index (χ1) is 11.9. The number of carbonyl (C=O) groups excluding carboxylic acids is 1. The van der Waals surface area contributed by atoms with Gasteiger partial charge in [-0.1, -0.05) is 0 Å². The van der Waals surface area contributed by atoms with Gasteiger partial charge < -0.3 is 20.7 Å². The highest BCUT2D eigenvalue weighted by molar-refractivity contribution is 5.83. The first-order valence-electron chi connectivity index (χ1n) is 7.99. The molecule has 25 heavy (non-hydrogen) atoms. The van der Waals surface area contributed by atoms with Gasteiger partial charge in [0.15, 0.2) is 0 Å². The van der Waals surface area contributed by atoms with E-state index >= 15 is 0 Å². The molecule has 0 bridgehead atoms. The number of carbonyl (C=O) groups is 2. The van der Waals surface area contributed by atoms with Crippen LogP contribution in [0, 0.1) is 13.8 Å². The summed E-state index contributed by atoms with van der Waals surface area (Å²) in [7, 11) is 0. The van der Waals surface area contributed by atoms with E-state index < -0.39 is 12.0 Å². The third kappa shape index (κ3) is 6.21. The molecule has 1 amide bonds. The lowest BCUT2D eigenvalue weighted by molar-refractivity contribution is -0.141. The summed E-state index contributed by atoms with van der Waals surface area (Å²) in [6.45, 7) is 4.30. The number of carboxylic acids is 1. The molecule has 0 radical (unpaired) electrons. The smallest absolute Gasteiger partial charge is 0.326 e. The number of aromatic nitrogens is 4. The molecular formula is C16H22N6O3. The molecule has 2 heterocycles. The molecule has 9 heteroatoms. The lowest BCUT2D eigenvalue weighted by Crippen LogP contribution is -2.42. The van der Waals surface area contributed by atoms with Crippen LogP contribution in [0.1, 0.15) is 29.9 Å². The van der Waals surface area contributed by atoms with E-state index in [1.54, 1.807) is 0 Å². The van der Waals surface area contributed by atoms with E-state index in [0.29, 0.717) is 24.6 Å². The number of nitrogens with zero attached hydrogens (tertiary/aromatic N) is 3. The van der Waals surface area contributed by atoms with E-state index in [-0.39, 0.29) is 18.7 Å². The molecular weight excluding hydrogens is 324 g/mol. The van der Waals surface area contributed by atoms with Crippen molar-refractivity contribution in [2.75, 3.05) is 11.9 Å². The van der Waals surface area contributed by atoms with Crippen LogP contribution in [0.4, 0.5) is 5.95 Å². The number of anilines is 1. The second-order valence-corrected chi connectivity index (χ2v) is 5.74. The Morgan fingerprint density at radius 3 is 2.60 bits per heavy atom. The molecule has 4 N–H and O–H groups in total. The fourth-order valence-electron chi connectivity index (χ4n) is 2.34. The number of imidazole rings is 1. The van der Waals surface area contributed by atoms with Crippen molar-refractivity contribution in [3.8, 4) is 0 Å². The molecule has 2 aromatic heterocycles. The minimum Gasteiger partial charge on any atom is -0.480 e. The quantitative estimate of drug-likeness (QED) is 0.494. The monoisotopic (exact) mass is 346 g/mol. The van der Waals surface area contributed by atoms with E-state index in [2.05, 4.69) is 30.6 Å². The number of amides is 1. The number of hydrogen-bond donors (Lipinski definition) is 4. The van der Waals surface area contributed by atoms with E-state index in [0.717, 1.165) is 11.4 Å². The van der Waals surface area contributed by atoms with Crippen molar-refractivity contribution in [1.82, 2.24) is 25.3 Å². The summed E-state index contributed by atoms with van der Waals surface area (Å²) >= 11 is 0. The third-order valence-corrected chi connectivity index (χ3v) is 3.46. The Balaban J connectivity index is 1.74. The molecule has 2 rings (SSSR count). The van der Waals surface area contributed by atoms with Gasteiger partial charge in [0.1, 0.15) is 6.04 Å². The predicted octanol–water partition coefficient (Wildman–Crippen LogP) is 0.821. The van der Waals surface area contributed by atoms with E-state index in [1.807, 2.05) is 19.9 Å². The Hall–Kier alpha value is -2.97. The zero-order chi connectivity index (χ0) is 18.2. The number of aliphatic carboxylic acids is 1. The molecule has 0 fully saturated rings. The van der Waals surface area contributed by atoms with Crippen LogP contribution in [0.2, 0.25) is 0 Å². The van der Waals surface area contributed by atoms with Crippen molar-refractivity contribution in [3.05, 3.63) is 35.7 Å². The van der Waals surface area contributed by atoms with Crippen LogP contribution in [-0.2, 0) is 16.0 Å². The molecule has 1 atom stereocenters. The van der Waals surface area contributed by atoms with Crippen LogP contribution < -0.4 is 10.6 Å². The maximum absolute atomic E-state index is 11.9. The number of aryl methyl sites for hydroxylation is 2. The van der Waals surface area contributed by atoms with Crippen molar-refractivity contribution in [3.63, 3.8) is 0 Å². The minimum atomic E-state index is -1.08. The number of aromatic amines is 1. The maximum atomic E-state index is 11.9. The van der Waals surface area contributed by atoms with Crippen molar-refractivity contribution in [1.29, 1.82) is 0 Å². The average molecular weight is 346 g/mol. The van der Waals surface area contributed by atoms with Gasteiger partial charge in [-0.3, -0.25) is 4.79 Å². The zero-order valence-electron chi connectivity index (χ0n) is 14.2. The fourth-order valence-corrected chi connectivity index (χ4v) is 2.34. The number of carboxylic acid groups (broad SMARTS) is 1. The second kappa shape index (κ2) is 8.76. The molecule has 0 aliphatic carbocycles. The average Bonchev–Trinajstić information content (AvgIpc) is 3.03. The highest BCUT2D eigenvalue weighted by Gasteiger charge is 2.20. The topological polar surface area (TPSA) is 133 Å². The largest absolute Gasteiger partial charge is 0.480 e. The van der Waals surface area contributed by atoms with Crippen molar-refractivity contribution < 1.29 is 14.7 Å². The van der Waals surface area contributed by atoms with Gasteiger partial charge in [0.2, 0.25) is 11.9 Å². The molecule has 134 valence electrons. The molecule has 0 aromatic carbocycles. The lowest BCUT2D eigenvalue weighted by Gasteiger charge is -2.13. The molecule has 0 spiro atoms. The first-order valence-corrected chi connectivity index (χ1v) is 7.99. The van der Waals surface area contributed by atoms with Crippen LogP contribution in [0.25, 0.3) is 0 Å². The van der Waals surface area contributed by atoms with Gasteiger partial charge in [0.05, 0.1) is 6.33 Å². The molecule has 0 saturated heterocycles. The third-order valence-electron chi connectivity index (χ3n) is 3.46. The van der Waals surface area contributed by atoms with Crippen molar-refractivity contribution in [2.24, 2.45) is 0 Å². The van der Waals surface area contributed by atoms with Crippen molar-refractivity contribution in [2.45, 2.75) is 39.2 Å². The highest BCUT2D eigenvalue weighted by atomic mass is 16.4. The highest BCUT2D eigenvalue weighted by Crippen LogP contribution is 2.04. The molecule has 1 unspecified atom stereocenters. The summed E-state index contributed by atoms with van der Waals surface area (Å²) in [6, 6.07) is 0.897. The summed E-state index contributed by atoms with van der Waals surface area (Å²) in [4.78, 5) is 38.4. The molecule has 9 nitrogen and oxygen atoms in total. The summed E-state index contributed by atoms with van der Waals surface area (Å²) in [5, 5.41) is 14.8. The lowest BCUT2D eigenvalue weighted by atomic mass is 10.1. The fraction of sp³-hybridized carbons (Fsp3) is 0.438. The second-order valence-electron chi connectivity index (χ2n) is 5.74. The Morgan fingerprint density at radius 1 is 1.28 bits per heavy atom. The van der Waals surface area contributed by atoms with Gasteiger partial charge >= 0.3 is 5.97 Å². The normalized spacial score (nSPS) is 11.8. The van der Waals surface area contributed by atoms with Gasteiger partial charge in [-0.2, -0.15) is 0 Å².